The minimum atomic E-state index is -0.539. The topological polar surface area (TPSA) is 100 Å². The molecule has 0 radical (unpaired) electrons. The van der Waals surface area contributed by atoms with Gasteiger partial charge in [0.05, 0.1) is 0 Å². The Morgan fingerprint density at radius 2 is 1.11 bits per heavy atom. The standard InChI is InChI=1S/C19H34N4O5/c1-18(2,3)27-16(25)22-9-7-13(11-22)20-15(24)21-14-8-10-23(12-14)17(26)28-19(4,5)6/h13-14H,7-12H2,1-6H3,(H2,20,21,24). The van der Waals surface area contributed by atoms with Crippen molar-refractivity contribution in [2.45, 2.75) is 77.7 Å². The van der Waals surface area contributed by atoms with E-state index in [1.54, 1.807) is 9.80 Å². The van der Waals surface area contributed by atoms with Crippen LogP contribution in [0.3, 0.4) is 0 Å². The van der Waals surface area contributed by atoms with Crippen LogP contribution in [-0.2, 0) is 9.47 Å². The summed E-state index contributed by atoms with van der Waals surface area (Å²) in [5, 5.41) is 5.80. The molecule has 160 valence electrons. The summed E-state index contributed by atoms with van der Waals surface area (Å²) < 4.78 is 10.7. The fraction of sp³-hybridized carbons (Fsp3) is 0.842. The summed E-state index contributed by atoms with van der Waals surface area (Å²) in [7, 11) is 0. The van der Waals surface area contributed by atoms with Gasteiger partial charge in [-0.3, -0.25) is 0 Å². The molecule has 2 aliphatic heterocycles. The molecule has 2 saturated heterocycles. The molecule has 2 unspecified atom stereocenters. The molecule has 0 bridgehead atoms. The van der Waals surface area contributed by atoms with E-state index in [2.05, 4.69) is 10.6 Å². The number of amides is 4. The van der Waals surface area contributed by atoms with Crippen LogP contribution in [0.25, 0.3) is 0 Å². The number of carbonyl (C=O) groups excluding carboxylic acids is 3. The van der Waals surface area contributed by atoms with Gasteiger partial charge in [0, 0.05) is 38.3 Å². The summed E-state index contributed by atoms with van der Waals surface area (Å²) in [6, 6.07) is -0.515. The number of hydrogen-bond donors (Lipinski definition) is 2. The number of nitrogens with one attached hydrogen (secondary N) is 2. The summed E-state index contributed by atoms with van der Waals surface area (Å²) in [5.74, 6) is 0. The Hall–Kier alpha value is -2.19. The van der Waals surface area contributed by atoms with Gasteiger partial charge in [-0.1, -0.05) is 0 Å². The van der Waals surface area contributed by atoms with Crippen molar-refractivity contribution in [2.75, 3.05) is 26.2 Å². The van der Waals surface area contributed by atoms with Gasteiger partial charge in [-0.2, -0.15) is 0 Å². The molecule has 9 heteroatoms. The van der Waals surface area contributed by atoms with E-state index < -0.39 is 11.2 Å². The first-order valence-electron chi connectivity index (χ1n) is 9.85. The maximum atomic E-state index is 12.3. The summed E-state index contributed by atoms with van der Waals surface area (Å²) >= 11 is 0. The Kier molecular flexibility index (Phi) is 6.67. The highest BCUT2D eigenvalue weighted by Gasteiger charge is 2.33. The molecule has 4 amide bonds. The lowest BCUT2D eigenvalue weighted by Gasteiger charge is -2.25. The lowest BCUT2D eigenvalue weighted by molar-refractivity contribution is 0.0282. The van der Waals surface area contributed by atoms with Crippen molar-refractivity contribution in [1.82, 2.24) is 20.4 Å². The highest BCUT2D eigenvalue weighted by Crippen LogP contribution is 2.17. The third kappa shape index (κ3) is 7.09. The fourth-order valence-electron chi connectivity index (χ4n) is 3.15. The average Bonchev–Trinajstić information content (AvgIpc) is 3.13. The number of carbonyl (C=O) groups is 3. The van der Waals surface area contributed by atoms with Crippen LogP contribution in [0.5, 0.6) is 0 Å². The predicted molar refractivity (Wildman–Crippen MR) is 104 cm³/mol. The van der Waals surface area contributed by atoms with Crippen LogP contribution < -0.4 is 10.6 Å². The summed E-state index contributed by atoms with van der Waals surface area (Å²) in [6.45, 7) is 12.9. The van der Waals surface area contributed by atoms with Gasteiger partial charge in [0.1, 0.15) is 11.2 Å². The van der Waals surface area contributed by atoms with Crippen molar-refractivity contribution in [3.63, 3.8) is 0 Å². The van der Waals surface area contributed by atoms with E-state index in [4.69, 9.17) is 9.47 Å². The number of ether oxygens (including phenoxy) is 2. The van der Waals surface area contributed by atoms with Crippen LogP contribution in [0, 0.1) is 0 Å². The Labute approximate surface area is 167 Å². The zero-order valence-electron chi connectivity index (χ0n) is 17.8. The van der Waals surface area contributed by atoms with Gasteiger partial charge in [-0.05, 0) is 54.4 Å². The summed E-state index contributed by atoms with van der Waals surface area (Å²) in [5.41, 5.74) is -1.08. The number of urea groups is 1. The second-order valence-electron chi connectivity index (χ2n) is 9.44. The summed E-state index contributed by atoms with van der Waals surface area (Å²) in [6.07, 6.45) is 0.643. The van der Waals surface area contributed by atoms with Crippen LogP contribution in [0.4, 0.5) is 14.4 Å². The largest absolute Gasteiger partial charge is 0.444 e. The molecule has 2 N–H and O–H groups in total. The van der Waals surface area contributed by atoms with E-state index in [-0.39, 0.29) is 30.3 Å². The molecule has 2 rings (SSSR count). The lowest BCUT2D eigenvalue weighted by atomic mass is 10.2. The van der Waals surface area contributed by atoms with Gasteiger partial charge in [0.2, 0.25) is 0 Å². The molecule has 0 aliphatic carbocycles. The lowest BCUT2D eigenvalue weighted by Crippen LogP contribution is -2.48. The molecule has 28 heavy (non-hydrogen) atoms. The van der Waals surface area contributed by atoms with Crippen LogP contribution in [-0.4, -0.2) is 77.5 Å². The van der Waals surface area contributed by atoms with Gasteiger partial charge in [-0.15, -0.1) is 0 Å². The van der Waals surface area contributed by atoms with Crippen molar-refractivity contribution in [1.29, 1.82) is 0 Å². The number of likely N-dealkylation sites (tertiary alicyclic amines) is 2. The molecule has 0 spiro atoms. The number of rotatable bonds is 2. The fourth-order valence-corrected chi connectivity index (χ4v) is 3.15. The minimum absolute atomic E-state index is 0.115. The molecule has 0 aromatic heterocycles. The van der Waals surface area contributed by atoms with Crippen molar-refractivity contribution >= 4 is 18.2 Å². The third-order valence-electron chi connectivity index (χ3n) is 4.35. The van der Waals surface area contributed by atoms with Crippen LogP contribution in [0.15, 0.2) is 0 Å². The second kappa shape index (κ2) is 8.45. The molecular weight excluding hydrogens is 364 g/mol. The maximum Gasteiger partial charge on any atom is 0.410 e. The van der Waals surface area contributed by atoms with Crippen molar-refractivity contribution in [3.05, 3.63) is 0 Å². The van der Waals surface area contributed by atoms with Gasteiger partial charge in [-0.25, -0.2) is 14.4 Å². The van der Waals surface area contributed by atoms with Crippen molar-refractivity contribution < 1.29 is 23.9 Å². The van der Waals surface area contributed by atoms with Gasteiger partial charge in [0.15, 0.2) is 0 Å². The van der Waals surface area contributed by atoms with Crippen molar-refractivity contribution in [3.8, 4) is 0 Å². The van der Waals surface area contributed by atoms with Crippen LogP contribution in [0.1, 0.15) is 54.4 Å². The molecule has 0 aromatic rings. The second-order valence-corrected chi connectivity index (χ2v) is 9.44. The van der Waals surface area contributed by atoms with E-state index in [1.165, 1.54) is 0 Å². The first kappa shape index (κ1) is 22.1. The predicted octanol–water partition coefficient (Wildman–Crippen LogP) is 2.30. The highest BCUT2D eigenvalue weighted by molar-refractivity contribution is 5.75. The first-order valence-corrected chi connectivity index (χ1v) is 9.85. The molecular formula is C19H34N4O5. The van der Waals surface area contributed by atoms with Gasteiger partial charge in [0.25, 0.3) is 0 Å². The smallest absolute Gasteiger partial charge is 0.410 e. The molecule has 2 fully saturated rings. The molecule has 2 heterocycles. The van der Waals surface area contributed by atoms with Crippen LogP contribution in [0.2, 0.25) is 0 Å². The van der Waals surface area contributed by atoms with E-state index in [0.29, 0.717) is 39.0 Å². The number of hydrogen-bond acceptors (Lipinski definition) is 5. The summed E-state index contributed by atoms with van der Waals surface area (Å²) in [4.78, 5) is 39.7. The van der Waals surface area contributed by atoms with Crippen molar-refractivity contribution in [2.24, 2.45) is 0 Å². The Bertz CT molecular complexity index is 546. The van der Waals surface area contributed by atoms with E-state index in [1.807, 2.05) is 41.5 Å². The SMILES string of the molecule is CC(C)(C)OC(=O)N1CCC(NC(=O)NC2CCN(C(=O)OC(C)(C)C)C2)C1. The quantitative estimate of drug-likeness (QED) is 0.743. The Morgan fingerprint density at radius 3 is 1.43 bits per heavy atom. The molecule has 0 saturated carbocycles. The number of nitrogens with zero attached hydrogens (tertiary/aromatic N) is 2. The van der Waals surface area contributed by atoms with Crippen LogP contribution >= 0.6 is 0 Å². The molecule has 2 atom stereocenters. The average molecular weight is 399 g/mol. The zero-order valence-corrected chi connectivity index (χ0v) is 17.8. The monoisotopic (exact) mass is 398 g/mol. The zero-order chi connectivity index (χ0) is 21.1. The van der Waals surface area contributed by atoms with E-state index >= 15 is 0 Å². The van der Waals surface area contributed by atoms with E-state index in [0.717, 1.165) is 0 Å². The Balaban J connectivity index is 1.72. The minimum Gasteiger partial charge on any atom is -0.444 e. The van der Waals surface area contributed by atoms with Gasteiger partial charge < -0.3 is 29.9 Å². The first-order chi connectivity index (χ1) is 12.8. The Morgan fingerprint density at radius 1 is 0.750 bits per heavy atom. The third-order valence-corrected chi connectivity index (χ3v) is 4.35. The van der Waals surface area contributed by atoms with Gasteiger partial charge >= 0.3 is 18.2 Å². The molecule has 0 aromatic carbocycles. The highest BCUT2D eigenvalue weighted by atomic mass is 16.6. The molecule has 2 aliphatic rings. The normalized spacial score (nSPS) is 22.8. The van der Waals surface area contributed by atoms with E-state index in [9.17, 15) is 14.4 Å². The molecule has 9 nitrogen and oxygen atoms in total. The maximum absolute atomic E-state index is 12.3.